The van der Waals surface area contributed by atoms with E-state index in [-0.39, 0.29) is 17.4 Å². The van der Waals surface area contributed by atoms with Crippen LogP contribution in [-0.4, -0.2) is 103 Å². The number of aliphatic hydroxyl groups excluding tert-OH is 1. The third-order valence-corrected chi connectivity index (χ3v) is 10.7. The van der Waals surface area contributed by atoms with E-state index in [9.17, 15) is 13.5 Å². The molecule has 2 saturated carbocycles. The second-order valence-corrected chi connectivity index (χ2v) is 14.3. The minimum absolute atomic E-state index is 0.200. The highest BCUT2D eigenvalue weighted by Crippen LogP contribution is 2.31. The highest BCUT2D eigenvalue weighted by atomic mass is 32.2. The maximum Gasteiger partial charge on any atom is 0.256 e. The van der Waals surface area contributed by atoms with E-state index in [4.69, 9.17) is 4.74 Å². The predicted molar refractivity (Wildman–Crippen MR) is 175 cm³/mol. The fourth-order valence-electron chi connectivity index (χ4n) is 5.72. The molecule has 7 rings (SSSR count). The van der Waals surface area contributed by atoms with E-state index in [1.54, 1.807) is 24.7 Å². The molecule has 47 heavy (non-hydrogen) atoms. The van der Waals surface area contributed by atoms with Crippen molar-refractivity contribution in [3.8, 4) is 23.2 Å². The van der Waals surface area contributed by atoms with Crippen LogP contribution in [0.3, 0.4) is 0 Å². The first-order valence-corrected chi connectivity index (χ1v) is 17.6. The van der Waals surface area contributed by atoms with E-state index < -0.39 is 10.0 Å². The van der Waals surface area contributed by atoms with Gasteiger partial charge in [0.15, 0.2) is 5.82 Å². The van der Waals surface area contributed by atoms with Gasteiger partial charge in [0.25, 0.3) is 10.0 Å². The van der Waals surface area contributed by atoms with Crippen LogP contribution in [0.1, 0.15) is 49.7 Å². The van der Waals surface area contributed by atoms with Crippen LogP contribution in [0.2, 0.25) is 0 Å². The average Bonchev–Trinajstić information content (AvgIpc) is 3.66. The summed E-state index contributed by atoms with van der Waals surface area (Å²) in [6, 6.07) is 3.82. The second-order valence-electron chi connectivity index (χ2n) is 12.2. The van der Waals surface area contributed by atoms with Crippen LogP contribution < -0.4 is 10.6 Å². The molecule has 3 N–H and O–H groups in total. The molecule has 1 saturated heterocycles. The number of hydrogen-bond acceptors (Lipinski definition) is 12. The summed E-state index contributed by atoms with van der Waals surface area (Å²) in [5, 5.41) is 25.1. The van der Waals surface area contributed by atoms with Gasteiger partial charge >= 0.3 is 0 Å². The Balaban J connectivity index is 1.08. The van der Waals surface area contributed by atoms with E-state index in [1.165, 1.54) is 12.4 Å². The van der Waals surface area contributed by atoms with Gasteiger partial charge in [-0.15, -0.1) is 0 Å². The third kappa shape index (κ3) is 7.79. The van der Waals surface area contributed by atoms with Gasteiger partial charge in [-0.1, -0.05) is 11.8 Å². The summed E-state index contributed by atoms with van der Waals surface area (Å²) in [5.74, 6) is 7.92. The Labute approximate surface area is 273 Å². The van der Waals surface area contributed by atoms with E-state index >= 15 is 0 Å². The van der Waals surface area contributed by atoms with Crippen molar-refractivity contribution in [3.63, 3.8) is 0 Å². The zero-order chi connectivity index (χ0) is 32.2. The largest absolute Gasteiger partial charge is 0.393 e. The molecular formula is C32H38N10O4S. The smallest absolute Gasteiger partial charge is 0.256 e. The van der Waals surface area contributed by atoms with Gasteiger partial charge in [-0.05, 0) is 44.6 Å². The fourth-order valence-corrected chi connectivity index (χ4v) is 7.19. The number of ether oxygens (including phenoxy) is 1. The summed E-state index contributed by atoms with van der Waals surface area (Å²) < 4.78 is 33.5. The lowest BCUT2D eigenvalue weighted by molar-refractivity contribution is 0.0359. The molecule has 15 heteroatoms. The van der Waals surface area contributed by atoms with Gasteiger partial charge in [-0.25, -0.2) is 23.4 Å². The van der Waals surface area contributed by atoms with Gasteiger partial charge in [0.2, 0.25) is 0 Å². The van der Waals surface area contributed by atoms with Crippen molar-refractivity contribution >= 4 is 27.3 Å². The maximum absolute atomic E-state index is 12.6. The van der Waals surface area contributed by atoms with Gasteiger partial charge < -0.3 is 20.5 Å². The lowest BCUT2D eigenvalue weighted by Crippen LogP contribution is -2.38. The number of aromatic nitrogens is 7. The molecule has 1 aliphatic heterocycles. The summed E-state index contributed by atoms with van der Waals surface area (Å²) >= 11 is 0. The SMILES string of the molecule is O=S(=O)(C1CC1)n1cc(-c2nccc(Nc3cc(NC4CCC(O)CC4)c(C#Cc4cnn(CCN5CCOCC5)c4)cn3)n2)cn1. The number of hydrogen-bond donors (Lipinski definition) is 3. The number of aliphatic hydroxyl groups is 1. The van der Waals surface area contributed by atoms with E-state index in [0.29, 0.717) is 35.9 Å². The Morgan fingerprint density at radius 3 is 2.57 bits per heavy atom. The van der Waals surface area contributed by atoms with Crippen LogP contribution in [0.4, 0.5) is 17.3 Å². The molecule has 0 spiro atoms. The van der Waals surface area contributed by atoms with Crippen molar-refractivity contribution in [3.05, 3.63) is 60.4 Å². The molecule has 0 bridgehead atoms. The first kappa shape index (κ1) is 31.3. The molecular weight excluding hydrogens is 620 g/mol. The monoisotopic (exact) mass is 658 g/mol. The van der Waals surface area contributed by atoms with E-state index in [1.807, 2.05) is 16.9 Å². The molecule has 246 valence electrons. The van der Waals surface area contributed by atoms with Gasteiger partial charge in [-0.3, -0.25) is 9.58 Å². The highest BCUT2D eigenvalue weighted by Gasteiger charge is 2.37. The molecule has 14 nitrogen and oxygen atoms in total. The predicted octanol–water partition coefficient (Wildman–Crippen LogP) is 2.46. The Morgan fingerprint density at radius 1 is 0.936 bits per heavy atom. The quantitative estimate of drug-likeness (QED) is 0.214. The molecule has 5 heterocycles. The van der Waals surface area contributed by atoms with Crippen molar-refractivity contribution in [2.45, 2.75) is 62.5 Å². The van der Waals surface area contributed by atoms with Crippen LogP contribution in [0.5, 0.6) is 0 Å². The summed E-state index contributed by atoms with van der Waals surface area (Å²) in [6.07, 6.45) is 14.3. The molecule has 2 aliphatic carbocycles. The molecule has 0 unspecified atom stereocenters. The average molecular weight is 659 g/mol. The molecule has 0 radical (unpaired) electrons. The van der Waals surface area contributed by atoms with Crippen molar-refractivity contribution in [2.24, 2.45) is 0 Å². The maximum atomic E-state index is 12.6. The van der Waals surface area contributed by atoms with Crippen molar-refractivity contribution in [1.29, 1.82) is 0 Å². The first-order valence-electron chi connectivity index (χ1n) is 16.1. The fraction of sp³-hybridized carbons (Fsp3) is 0.469. The minimum atomic E-state index is -3.48. The summed E-state index contributed by atoms with van der Waals surface area (Å²) in [7, 11) is -3.48. The van der Waals surface area contributed by atoms with Crippen LogP contribution >= 0.6 is 0 Å². The van der Waals surface area contributed by atoms with Gasteiger partial charge in [0.1, 0.15) is 11.6 Å². The zero-order valence-corrected chi connectivity index (χ0v) is 26.8. The van der Waals surface area contributed by atoms with Crippen LogP contribution in [0, 0.1) is 11.8 Å². The number of anilines is 3. The lowest BCUT2D eigenvalue weighted by atomic mass is 9.93. The number of morpholine rings is 1. The normalized spacial score (nSPS) is 20.4. The number of nitrogens with one attached hydrogen (secondary N) is 2. The second kappa shape index (κ2) is 13.8. The summed E-state index contributed by atoms with van der Waals surface area (Å²) in [4.78, 5) is 15.9. The Kier molecular flexibility index (Phi) is 9.16. The van der Waals surface area contributed by atoms with Gasteiger partial charge in [0, 0.05) is 50.3 Å². The molecule has 3 fully saturated rings. The van der Waals surface area contributed by atoms with Gasteiger partial charge in [-0.2, -0.15) is 14.3 Å². The van der Waals surface area contributed by atoms with Crippen LogP contribution in [-0.2, 0) is 21.3 Å². The van der Waals surface area contributed by atoms with Gasteiger partial charge in [0.05, 0.1) is 72.1 Å². The standard InChI is InChI=1S/C32H38N10O4S/c43-27-5-3-26(4-6-27)37-29-17-31(34-19-24(29)2-1-23-18-35-41(21-23)12-11-40-13-15-46-16-14-40)38-30-9-10-33-32(39-30)25-20-36-42(22-25)47(44,45)28-7-8-28/h9-10,17-22,26-28,43H,3-8,11-16H2,(H2,33,34,37,38,39). The van der Waals surface area contributed by atoms with Crippen molar-refractivity contribution in [1.82, 2.24) is 38.8 Å². The molecule has 0 aromatic carbocycles. The lowest BCUT2D eigenvalue weighted by Gasteiger charge is -2.27. The van der Waals surface area contributed by atoms with Crippen LogP contribution in [0.25, 0.3) is 11.4 Å². The van der Waals surface area contributed by atoms with Crippen molar-refractivity contribution < 1.29 is 18.3 Å². The number of pyridine rings is 1. The molecule has 4 aromatic heterocycles. The topological polar surface area (TPSA) is 165 Å². The molecule has 3 aliphatic rings. The highest BCUT2D eigenvalue weighted by molar-refractivity contribution is 7.90. The van der Waals surface area contributed by atoms with E-state index in [2.05, 4.69) is 52.5 Å². The summed E-state index contributed by atoms with van der Waals surface area (Å²) in [5.41, 5.74) is 2.90. The number of nitrogens with zero attached hydrogens (tertiary/aromatic N) is 8. The minimum Gasteiger partial charge on any atom is -0.393 e. The molecule has 0 amide bonds. The van der Waals surface area contributed by atoms with Crippen LogP contribution in [0.15, 0.2) is 49.3 Å². The third-order valence-electron chi connectivity index (χ3n) is 8.62. The Hall–Kier alpha value is -4.36. The Bertz CT molecular complexity index is 1860. The first-order chi connectivity index (χ1) is 22.9. The zero-order valence-electron chi connectivity index (χ0n) is 26.0. The van der Waals surface area contributed by atoms with Crippen molar-refractivity contribution in [2.75, 3.05) is 43.5 Å². The Morgan fingerprint density at radius 2 is 1.77 bits per heavy atom. The number of rotatable bonds is 10. The molecule has 0 atom stereocenters. The molecule has 4 aromatic rings. The summed E-state index contributed by atoms with van der Waals surface area (Å²) in [6.45, 7) is 5.14. The van der Waals surface area contributed by atoms with E-state index in [0.717, 1.165) is 86.0 Å².